The lowest BCUT2D eigenvalue weighted by atomic mass is 9.90. The van der Waals surface area contributed by atoms with E-state index < -0.39 is 27.6 Å². The van der Waals surface area contributed by atoms with Gasteiger partial charge in [0.1, 0.15) is 6.17 Å². The van der Waals surface area contributed by atoms with Crippen LogP contribution >= 0.6 is 11.6 Å². The van der Waals surface area contributed by atoms with E-state index in [2.05, 4.69) is 11.3 Å². The van der Waals surface area contributed by atoms with Crippen molar-refractivity contribution in [3.05, 3.63) is 12.2 Å². The average molecular weight is 242 g/mol. The van der Waals surface area contributed by atoms with Gasteiger partial charge in [0.2, 0.25) is 10.0 Å². The highest BCUT2D eigenvalue weighted by Gasteiger charge is 2.32. The monoisotopic (exact) mass is 241 g/mol. The first kappa shape index (κ1) is 11.9. The predicted octanol–water partition coefficient (Wildman–Crippen LogP) is 1.20. The molecule has 0 aromatic rings. The van der Waals surface area contributed by atoms with Gasteiger partial charge in [-0.05, 0) is 12.0 Å². The first-order chi connectivity index (χ1) is 6.29. The van der Waals surface area contributed by atoms with Crippen LogP contribution in [-0.4, -0.2) is 32.3 Å². The van der Waals surface area contributed by atoms with Gasteiger partial charge < -0.3 is 0 Å². The summed E-state index contributed by atoms with van der Waals surface area (Å²) in [5, 5.41) is -0.509. The maximum Gasteiger partial charge on any atom is 0.209 e. The lowest BCUT2D eigenvalue weighted by Gasteiger charge is -2.30. The highest BCUT2D eigenvalue weighted by Crippen LogP contribution is 2.29. The quantitative estimate of drug-likeness (QED) is 0.583. The van der Waals surface area contributed by atoms with E-state index in [0.29, 0.717) is 5.57 Å². The fourth-order valence-corrected chi connectivity index (χ4v) is 2.64. The van der Waals surface area contributed by atoms with Crippen LogP contribution in [0.3, 0.4) is 0 Å². The van der Waals surface area contributed by atoms with E-state index in [9.17, 15) is 12.8 Å². The standard InChI is InChI=1S/C8H13ClFNO2S/c1-5-3-8(11-14(2,12)13)6(9)4-7(5)10/h6-8,11H,1,3-4H2,2H3. The highest BCUT2D eigenvalue weighted by molar-refractivity contribution is 7.88. The summed E-state index contributed by atoms with van der Waals surface area (Å²) >= 11 is 5.84. The van der Waals surface area contributed by atoms with Crippen LogP contribution in [0.5, 0.6) is 0 Å². The molecule has 0 bridgehead atoms. The van der Waals surface area contributed by atoms with Crippen molar-refractivity contribution in [2.45, 2.75) is 30.4 Å². The molecule has 3 unspecified atom stereocenters. The lowest BCUT2D eigenvalue weighted by Crippen LogP contribution is -2.45. The van der Waals surface area contributed by atoms with Gasteiger partial charge in [0.25, 0.3) is 0 Å². The Morgan fingerprint density at radius 2 is 2.21 bits per heavy atom. The second-order valence-corrected chi connectivity index (χ2v) is 5.92. The first-order valence-corrected chi connectivity index (χ1v) is 6.55. The minimum absolute atomic E-state index is 0.119. The van der Waals surface area contributed by atoms with Gasteiger partial charge in [0, 0.05) is 12.5 Å². The van der Waals surface area contributed by atoms with E-state index >= 15 is 0 Å². The molecule has 14 heavy (non-hydrogen) atoms. The third-order valence-electron chi connectivity index (χ3n) is 2.16. The minimum atomic E-state index is -3.30. The minimum Gasteiger partial charge on any atom is -0.243 e. The third-order valence-corrected chi connectivity index (χ3v) is 3.37. The number of nitrogens with one attached hydrogen (secondary N) is 1. The Morgan fingerprint density at radius 1 is 1.64 bits per heavy atom. The second-order valence-electron chi connectivity index (χ2n) is 3.58. The molecule has 0 spiro atoms. The van der Waals surface area contributed by atoms with Crippen LogP contribution in [0, 0.1) is 0 Å². The van der Waals surface area contributed by atoms with Crippen LogP contribution in [0.4, 0.5) is 4.39 Å². The summed E-state index contributed by atoms with van der Waals surface area (Å²) < 4.78 is 37.3. The van der Waals surface area contributed by atoms with Crippen LogP contribution < -0.4 is 4.72 Å². The molecule has 1 N–H and O–H groups in total. The van der Waals surface area contributed by atoms with Crippen molar-refractivity contribution in [1.29, 1.82) is 0 Å². The van der Waals surface area contributed by atoms with E-state index in [1.165, 1.54) is 0 Å². The van der Waals surface area contributed by atoms with Crippen molar-refractivity contribution < 1.29 is 12.8 Å². The maximum absolute atomic E-state index is 13.1. The summed E-state index contributed by atoms with van der Waals surface area (Å²) in [5.41, 5.74) is 0.406. The fraction of sp³-hybridized carbons (Fsp3) is 0.750. The molecule has 3 nitrogen and oxygen atoms in total. The molecule has 0 saturated heterocycles. The maximum atomic E-state index is 13.1. The van der Waals surface area contributed by atoms with Gasteiger partial charge in [-0.1, -0.05) is 6.58 Å². The molecule has 82 valence electrons. The Balaban J connectivity index is 2.67. The zero-order chi connectivity index (χ0) is 10.9. The average Bonchev–Trinajstić information content (AvgIpc) is 1.97. The molecule has 0 heterocycles. The molecule has 0 aromatic carbocycles. The molecular formula is C8H13ClFNO2S. The van der Waals surface area contributed by atoms with Crippen molar-refractivity contribution in [2.75, 3.05) is 6.26 Å². The topological polar surface area (TPSA) is 46.2 Å². The van der Waals surface area contributed by atoms with Crippen molar-refractivity contribution in [3.8, 4) is 0 Å². The largest absolute Gasteiger partial charge is 0.243 e. The summed E-state index contributed by atoms with van der Waals surface area (Å²) in [5.74, 6) is 0. The van der Waals surface area contributed by atoms with Gasteiger partial charge in [0.05, 0.1) is 11.6 Å². The van der Waals surface area contributed by atoms with Crippen molar-refractivity contribution in [2.24, 2.45) is 0 Å². The van der Waals surface area contributed by atoms with E-state index in [0.717, 1.165) is 6.26 Å². The molecule has 0 radical (unpaired) electrons. The predicted molar refractivity (Wildman–Crippen MR) is 54.7 cm³/mol. The van der Waals surface area contributed by atoms with Gasteiger partial charge >= 0.3 is 0 Å². The van der Waals surface area contributed by atoms with E-state index in [-0.39, 0.29) is 12.8 Å². The second kappa shape index (κ2) is 4.16. The molecule has 6 heteroatoms. The number of halogens is 2. The zero-order valence-corrected chi connectivity index (χ0v) is 9.41. The van der Waals surface area contributed by atoms with Crippen LogP contribution in [0.15, 0.2) is 12.2 Å². The Labute approximate surface area is 88.4 Å². The molecule has 0 aliphatic heterocycles. The number of rotatable bonds is 2. The van der Waals surface area contributed by atoms with Crippen LogP contribution in [0.2, 0.25) is 0 Å². The Bertz CT molecular complexity index is 330. The van der Waals surface area contributed by atoms with Crippen LogP contribution in [0.25, 0.3) is 0 Å². The molecule has 1 aliphatic rings. The summed E-state index contributed by atoms with van der Waals surface area (Å²) in [4.78, 5) is 0. The highest BCUT2D eigenvalue weighted by atomic mass is 35.5. The fourth-order valence-electron chi connectivity index (χ4n) is 1.46. The molecule has 1 rings (SSSR count). The SMILES string of the molecule is C=C1CC(NS(C)(=O)=O)C(Cl)CC1F. The summed E-state index contributed by atoms with van der Waals surface area (Å²) in [6, 6.07) is -0.439. The molecule has 1 aliphatic carbocycles. The molecule has 1 fully saturated rings. The zero-order valence-electron chi connectivity index (χ0n) is 7.83. The Morgan fingerprint density at radius 3 is 2.71 bits per heavy atom. The van der Waals surface area contributed by atoms with Gasteiger partial charge in [0.15, 0.2) is 0 Å². The molecular weight excluding hydrogens is 229 g/mol. The molecule has 1 saturated carbocycles. The molecule has 3 atom stereocenters. The summed E-state index contributed by atoms with van der Waals surface area (Å²) in [7, 11) is -3.30. The molecule has 0 amide bonds. The van der Waals surface area contributed by atoms with Crippen LogP contribution in [0.1, 0.15) is 12.8 Å². The van der Waals surface area contributed by atoms with Gasteiger partial charge in [-0.15, -0.1) is 11.6 Å². The van der Waals surface area contributed by atoms with Crippen molar-refractivity contribution in [1.82, 2.24) is 4.72 Å². The third kappa shape index (κ3) is 3.22. The van der Waals surface area contributed by atoms with Gasteiger partial charge in [-0.25, -0.2) is 17.5 Å². The van der Waals surface area contributed by atoms with Gasteiger partial charge in [-0.3, -0.25) is 0 Å². The summed E-state index contributed by atoms with van der Waals surface area (Å²) in [6.45, 7) is 3.54. The van der Waals surface area contributed by atoms with Crippen LogP contribution in [-0.2, 0) is 10.0 Å². The van der Waals surface area contributed by atoms with E-state index in [1.807, 2.05) is 0 Å². The smallest absolute Gasteiger partial charge is 0.209 e. The van der Waals surface area contributed by atoms with Crippen molar-refractivity contribution >= 4 is 21.6 Å². The lowest BCUT2D eigenvalue weighted by molar-refractivity contribution is 0.299. The van der Waals surface area contributed by atoms with E-state index in [1.54, 1.807) is 0 Å². The normalized spacial score (nSPS) is 34.5. The van der Waals surface area contributed by atoms with Crippen molar-refractivity contribution in [3.63, 3.8) is 0 Å². The number of alkyl halides is 2. The van der Waals surface area contributed by atoms with Gasteiger partial charge in [-0.2, -0.15) is 0 Å². The number of sulfonamides is 1. The molecule has 0 aromatic heterocycles. The number of hydrogen-bond donors (Lipinski definition) is 1. The number of hydrogen-bond acceptors (Lipinski definition) is 2. The summed E-state index contributed by atoms with van der Waals surface area (Å²) in [6.07, 6.45) is 0.326. The Hall–Kier alpha value is -0.130. The first-order valence-electron chi connectivity index (χ1n) is 4.22. The van der Waals surface area contributed by atoms with E-state index in [4.69, 9.17) is 11.6 Å². The Kier molecular flexibility index (Phi) is 3.55.